The molecular weight excluding hydrogens is 488 g/mol. The van der Waals surface area contributed by atoms with Gasteiger partial charge in [-0.1, -0.05) is 42.5 Å². The number of rotatable bonds is 8. The summed E-state index contributed by atoms with van der Waals surface area (Å²) >= 11 is 0. The van der Waals surface area contributed by atoms with Gasteiger partial charge in [0.25, 0.3) is 0 Å². The number of carbonyl (C=O) groups excluding carboxylic acids is 2. The van der Waals surface area contributed by atoms with Crippen LogP contribution in [0.4, 0.5) is 0 Å². The molecular formula is C28H36N4O4S. The standard InChI is InChI=1S/C28H36N4O4S/c33-27(32-19-6-10-24(32)20-30-16-4-5-17-30)21-31-18-7-11-26(28(31)34)29-37(35,36)25-14-12-23(13-15-25)22-8-2-1-3-9-22/h1-3,8-9,12-15,24,26,29H,4-7,10-11,16-21H2. The third kappa shape index (κ3) is 6.05. The monoisotopic (exact) mass is 524 g/mol. The Bertz CT molecular complexity index is 1200. The molecule has 2 amide bonds. The van der Waals surface area contributed by atoms with Crippen molar-refractivity contribution in [2.45, 2.75) is 55.5 Å². The zero-order valence-electron chi connectivity index (χ0n) is 21.2. The first-order chi connectivity index (χ1) is 17.9. The molecule has 5 rings (SSSR count). The van der Waals surface area contributed by atoms with E-state index in [1.807, 2.05) is 35.2 Å². The fourth-order valence-electron chi connectivity index (χ4n) is 5.79. The van der Waals surface area contributed by atoms with E-state index >= 15 is 0 Å². The smallest absolute Gasteiger partial charge is 0.242 e. The Balaban J connectivity index is 1.20. The average molecular weight is 525 g/mol. The van der Waals surface area contributed by atoms with Crippen LogP contribution in [0, 0.1) is 0 Å². The Morgan fingerprint density at radius 2 is 1.51 bits per heavy atom. The second-order valence-electron chi connectivity index (χ2n) is 10.4. The Kier molecular flexibility index (Phi) is 7.92. The summed E-state index contributed by atoms with van der Waals surface area (Å²) in [5, 5.41) is 0. The zero-order valence-corrected chi connectivity index (χ0v) is 22.0. The molecule has 9 heteroatoms. The topological polar surface area (TPSA) is 90.0 Å². The molecule has 2 atom stereocenters. The van der Waals surface area contributed by atoms with Crippen LogP contribution in [-0.2, 0) is 19.6 Å². The van der Waals surface area contributed by atoms with Crippen molar-refractivity contribution in [1.82, 2.24) is 19.4 Å². The first-order valence-corrected chi connectivity index (χ1v) is 14.9. The van der Waals surface area contributed by atoms with Gasteiger partial charge in [-0.2, -0.15) is 4.72 Å². The van der Waals surface area contributed by atoms with Crippen LogP contribution in [0.25, 0.3) is 11.1 Å². The van der Waals surface area contributed by atoms with Crippen LogP contribution >= 0.6 is 0 Å². The fourth-order valence-corrected chi connectivity index (χ4v) is 7.01. The van der Waals surface area contributed by atoms with Gasteiger partial charge in [0.2, 0.25) is 21.8 Å². The van der Waals surface area contributed by atoms with Gasteiger partial charge in [-0.3, -0.25) is 9.59 Å². The van der Waals surface area contributed by atoms with E-state index in [1.54, 1.807) is 24.3 Å². The van der Waals surface area contributed by atoms with Crippen LogP contribution in [0.5, 0.6) is 0 Å². The van der Waals surface area contributed by atoms with Gasteiger partial charge in [0, 0.05) is 25.7 Å². The lowest BCUT2D eigenvalue weighted by atomic mass is 10.1. The zero-order chi connectivity index (χ0) is 25.8. The van der Waals surface area contributed by atoms with Crippen molar-refractivity contribution in [3.8, 4) is 11.1 Å². The van der Waals surface area contributed by atoms with Crippen LogP contribution in [0.15, 0.2) is 59.5 Å². The summed E-state index contributed by atoms with van der Waals surface area (Å²) in [6.07, 6.45) is 5.50. The fraction of sp³-hybridized carbons (Fsp3) is 0.500. The molecule has 3 saturated heterocycles. The highest BCUT2D eigenvalue weighted by atomic mass is 32.2. The number of amides is 2. The summed E-state index contributed by atoms with van der Waals surface area (Å²) in [5.41, 5.74) is 1.92. The van der Waals surface area contributed by atoms with E-state index in [0.717, 1.165) is 50.1 Å². The summed E-state index contributed by atoms with van der Waals surface area (Å²) in [5.74, 6) is -0.352. The van der Waals surface area contributed by atoms with Gasteiger partial charge in [0.15, 0.2) is 0 Å². The Morgan fingerprint density at radius 3 is 2.24 bits per heavy atom. The number of carbonyl (C=O) groups is 2. The second-order valence-corrected chi connectivity index (χ2v) is 12.1. The highest BCUT2D eigenvalue weighted by molar-refractivity contribution is 7.89. The number of likely N-dealkylation sites (tertiary alicyclic amines) is 3. The molecule has 2 aromatic carbocycles. The van der Waals surface area contributed by atoms with E-state index in [-0.39, 0.29) is 29.3 Å². The van der Waals surface area contributed by atoms with Gasteiger partial charge in [-0.25, -0.2) is 8.42 Å². The minimum atomic E-state index is -3.88. The Hall–Kier alpha value is -2.75. The largest absolute Gasteiger partial charge is 0.337 e. The lowest BCUT2D eigenvalue weighted by Crippen LogP contribution is -2.55. The van der Waals surface area contributed by atoms with Gasteiger partial charge in [-0.05, 0) is 74.9 Å². The molecule has 0 aliphatic carbocycles. The predicted octanol–water partition coefficient (Wildman–Crippen LogP) is 2.71. The molecule has 2 aromatic rings. The molecule has 37 heavy (non-hydrogen) atoms. The molecule has 8 nitrogen and oxygen atoms in total. The van der Waals surface area contributed by atoms with Crippen LogP contribution in [0.1, 0.15) is 38.5 Å². The highest BCUT2D eigenvalue weighted by Crippen LogP contribution is 2.24. The van der Waals surface area contributed by atoms with E-state index in [4.69, 9.17) is 0 Å². The van der Waals surface area contributed by atoms with Crippen molar-refractivity contribution >= 4 is 21.8 Å². The molecule has 0 aromatic heterocycles. The van der Waals surface area contributed by atoms with Gasteiger partial charge >= 0.3 is 0 Å². The molecule has 3 fully saturated rings. The van der Waals surface area contributed by atoms with Crippen molar-refractivity contribution in [3.63, 3.8) is 0 Å². The molecule has 0 radical (unpaired) electrons. The van der Waals surface area contributed by atoms with Crippen molar-refractivity contribution < 1.29 is 18.0 Å². The summed E-state index contributed by atoms with van der Waals surface area (Å²) in [6.45, 7) is 4.32. The minimum absolute atomic E-state index is 0.0132. The summed E-state index contributed by atoms with van der Waals surface area (Å²) in [4.78, 5) is 32.4. The van der Waals surface area contributed by atoms with Gasteiger partial charge < -0.3 is 14.7 Å². The van der Waals surface area contributed by atoms with E-state index in [0.29, 0.717) is 19.4 Å². The second kappa shape index (κ2) is 11.3. The average Bonchev–Trinajstić information content (AvgIpc) is 3.60. The maximum atomic E-state index is 13.2. The van der Waals surface area contributed by atoms with Crippen molar-refractivity contribution in [3.05, 3.63) is 54.6 Å². The number of hydrogen-bond donors (Lipinski definition) is 1. The third-order valence-electron chi connectivity index (χ3n) is 7.79. The summed E-state index contributed by atoms with van der Waals surface area (Å²) in [6, 6.07) is 15.7. The molecule has 3 aliphatic heterocycles. The number of nitrogens with one attached hydrogen (secondary N) is 1. The number of hydrogen-bond acceptors (Lipinski definition) is 5. The van der Waals surface area contributed by atoms with Crippen molar-refractivity contribution in [2.24, 2.45) is 0 Å². The quantitative estimate of drug-likeness (QED) is 0.574. The van der Waals surface area contributed by atoms with Crippen molar-refractivity contribution in [1.29, 1.82) is 0 Å². The number of piperidine rings is 1. The van der Waals surface area contributed by atoms with Crippen LogP contribution in [0.2, 0.25) is 0 Å². The van der Waals surface area contributed by atoms with E-state index < -0.39 is 16.1 Å². The molecule has 3 heterocycles. The number of benzene rings is 2. The lowest BCUT2D eigenvalue weighted by Gasteiger charge is -2.34. The maximum absolute atomic E-state index is 13.2. The molecule has 1 N–H and O–H groups in total. The van der Waals surface area contributed by atoms with E-state index in [2.05, 4.69) is 9.62 Å². The molecule has 0 spiro atoms. The van der Waals surface area contributed by atoms with Crippen LogP contribution in [0.3, 0.4) is 0 Å². The Labute approximate surface area is 219 Å². The first-order valence-electron chi connectivity index (χ1n) is 13.4. The maximum Gasteiger partial charge on any atom is 0.242 e. The van der Waals surface area contributed by atoms with Crippen LogP contribution < -0.4 is 4.72 Å². The van der Waals surface area contributed by atoms with Crippen molar-refractivity contribution in [2.75, 3.05) is 39.3 Å². The first kappa shape index (κ1) is 25.9. The molecule has 0 saturated carbocycles. The molecule has 0 bridgehead atoms. The van der Waals surface area contributed by atoms with Gasteiger partial charge in [0.1, 0.15) is 6.04 Å². The summed E-state index contributed by atoms with van der Waals surface area (Å²) in [7, 11) is -3.88. The summed E-state index contributed by atoms with van der Waals surface area (Å²) < 4.78 is 28.8. The minimum Gasteiger partial charge on any atom is -0.337 e. The highest BCUT2D eigenvalue weighted by Gasteiger charge is 2.36. The normalized spacial score (nSPS) is 23.1. The van der Waals surface area contributed by atoms with E-state index in [1.165, 1.54) is 17.7 Å². The molecule has 2 unspecified atom stereocenters. The lowest BCUT2D eigenvalue weighted by molar-refractivity contribution is -0.143. The third-order valence-corrected chi connectivity index (χ3v) is 9.28. The molecule has 198 valence electrons. The number of nitrogens with zero attached hydrogens (tertiary/aromatic N) is 3. The SMILES string of the molecule is O=C1C(NS(=O)(=O)c2ccc(-c3ccccc3)cc2)CCCN1CC(=O)N1CCCC1CN1CCCC1. The number of sulfonamides is 1. The molecule has 3 aliphatic rings. The van der Waals surface area contributed by atoms with Crippen LogP contribution in [-0.4, -0.2) is 86.3 Å². The van der Waals surface area contributed by atoms with Gasteiger partial charge in [0.05, 0.1) is 11.4 Å². The van der Waals surface area contributed by atoms with Gasteiger partial charge in [-0.15, -0.1) is 0 Å². The predicted molar refractivity (Wildman–Crippen MR) is 142 cm³/mol. The van der Waals surface area contributed by atoms with E-state index in [9.17, 15) is 18.0 Å². The Morgan fingerprint density at radius 1 is 0.838 bits per heavy atom.